The summed E-state index contributed by atoms with van der Waals surface area (Å²) < 4.78 is 6.41. The summed E-state index contributed by atoms with van der Waals surface area (Å²) in [5.41, 5.74) is 0.883. The zero-order valence-corrected chi connectivity index (χ0v) is 17.8. The number of rotatable bonds is 10. The lowest BCUT2D eigenvalue weighted by Crippen LogP contribution is -2.46. The van der Waals surface area contributed by atoms with Crippen LogP contribution in [0.2, 0.25) is 0 Å². The van der Waals surface area contributed by atoms with E-state index in [0.29, 0.717) is 12.2 Å². The molecule has 30 heavy (non-hydrogen) atoms. The summed E-state index contributed by atoms with van der Waals surface area (Å²) in [5, 5.41) is 9.60. The molecular formula is C21H29N5O4. The fraction of sp³-hybridized carbons (Fsp3) is 0.429. The fourth-order valence-electron chi connectivity index (χ4n) is 2.93. The average Bonchev–Trinajstić information content (AvgIpc) is 3.08. The van der Waals surface area contributed by atoms with Crippen molar-refractivity contribution in [2.45, 2.75) is 33.2 Å². The molecule has 0 saturated carbocycles. The number of amides is 2. The molecule has 0 spiro atoms. The van der Waals surface area contributed by atoms with Crippen LogP contribution in [0.15, 0.2) is 36.5 Å². The predicted octanol–water partition coefficient (Wildman–Crippen LogP) is 2.27. The van der Waals surface area contributed by atoms with Crippen LogP contribution in [0.25, 0.3) is 0 Å². The number of nitrogens with one attached hydrogen (secondary N) is 2. The second-order valence-corrected chi connectivity index (χ2v) is 6.80. The van der Waals surface area contributed by atoms with Gasteiger partial charge in [0.1, 0.15) is 11.4 Å². The average molecular weight is 415 g/mol. The molecule has 9 nitrogen and oxygen atoms in total. The van der Waals surface area contributed by atoms with Crippen LogP contribution in [-0.2, 0) is 21.4 Å². The van der Waals surface area contributed by atoms with E-state index in [1.165, 1.54) is 10.9 Å². The molecule has 0 radical (unpaired) electrons. The van der Waals surface area contributed by atoms with E-state index in [9.17, 15) is 14.4 Å². The van der Waals surface area contributed by atoms with E-state index in [1.807, 2.05) is 25.1 Å². The number of benzene rings is 1. The Kier molecular flexibility index (Phi) is 8.54. The Balaban J connectivity index is 2.06. The van der Waals surface area contributed by atoms with Crippen molar-refractivity contribution in [1.82, 2.24) is 14.7 Å². The number of nitrogens with zero attached hydrogens (tertiary/aromatic N) is 3. The largest absolute Gasteiger partial charge is 0.462 e. The first-order valence-corrected chi connectivity index (χ1v) is 9.96. The number of esters is 1. The molecule has 0 saturated heterocycles. The molecule has 0 bridgehead atoms. The van der Waals surface area contributed by atoms with Gasteiger partial charge in [-0.1, -0.05) is 25.1 Å². The second kappa shape index (κ2) is 11.1. The Morgan fingerprint density at radius 2 is 1.87 bits per heavy atom. The molecule has 2 N–H and O–H groups in total. The second-order valence-electron chi connectivity index (χ2n) is 6.80. The van der Waals surface area contributed by atoms with Crippen molar-refractivity contribution in [2.24, 2.45) is 7.05 Å². The maximum atomic E-state index is 12.7. The molecule has 0 aliphatic carbocycles. The molecule has 1 aromatic heterocycles. The minimum absolute atomic E-state index is 0.00926. The van der Waals surface area contributed by atoms with Crippen LogP contribution in [0.5, 0.6) is 0 Å². The van der Waals surface area contributed by atoms with E-state index < -0.39 is 12.0 Å². The monoisotopic (exact) mass is 415 g/mol. The topological polar surface area (TPSA) is 106 Å². The first kappa shape index (κ1) is 23.1. The molecule has 1 unspecified atom stereocenters. The third-order valence-corrected chi connectivity index (χ3v) is 4.52. The van der Waals surface area contributed by atoms with E-state index in [0.717, 1.165) is 6.42 Å². The Morgan fingerprint density at radius 1 is 1.17 bits per heavy atom. The van der Waals surface area contributed by atoms with Crippen molar-refractivity contribution in [3.05, 3.63) is 42.1 Å². The number of carbonyl (C=O) groups excluding carboxylic acids is 3. The van der Waals surface area contributed by atoms with Crippen LogP contribution in [0, 0.1) is 0 Å². The molecule has 162 valence electrons. The first-order chi connectivity index (χ1) is 14.4. The van der Waals surface area contributed by atoms with Gasteiger partial charge in [-0.2, -0.15) is 5.10 Å². The van der Waals surface area contributed by atoms with Gasteiger partial charge in [0, 0.05) is 12.7 Å². The highest BCUT2D eigenvalue weighted by Gasteiger charge is 2.25. The minimum Gasteiger partial charge on any atom is -0.462 e. The van der Waals surface area contributed by atoms with Gasteiger partial charge in [-0.15, -0.1) is 0 Å². The molecule has 1 heterocycles. The third kappa shape index (κ3) is 6.15. The first-order valence-electron chi connectivity index (χ1n) is 9.96. The van der Waals surface area contributed by atoms with Crippen LogP contribution < -0.4 is 10.6 Å². The number of ether oxygens (including phenoxy) is 1. The smallest absolute Gasteiger partial charge is 0.343 e. The molecule has 1 atom stereocenters. The van der Waals surface area contributed by atoms with Gasteiger partial charge in [0.25, 0.3) is 0 Å². The lowest BCUT2D eigenvalue weighted by atomic mass is 10.2. The lowest BCUT2D eigenvalue weighted by molar-refractivity contribution is -0.123. The molecule has 2 rings (SSSR count). The van der Waals surface area contributed by atoms with Crippen molar-refractivity contribution in [3.8, 4) is 0 Å². The van der Waals surface area contributed by atoms with Crippen molar-refractivity contribution in [1.29, 1.82) is 0 Å². The van der Waals surface area contributed by atoms with E-state index in [4.69, 9.17) is 4.74 Å². The van der Waals surface area contributed by atoms with Gasteiger partial charge >= 0.3 is 5.97 Å². The quantitative estimate of drug-likeness (QED) is 0.577. The highest BCUT2D eigenvalue weighted by molar-refractivity contribution is 6.01. The maximum absolute atomic E-state index is 12.7. The zero-order valence-electron chi connectivity index (χ0n) is 17.8. The Bertz CT molecular complexity index is 866. The van der Waals surface area contributed by atoms with Gasteiger partial charge in [0.05, 0.1) is 25.4 Å². The number of aryl methyl sites for hydroxylation is 1. The summed E-state index contributed by atoms with van der Waals surface area (Å²) >= 11 is 0. The standard InChI is InChI=1S/C21H29N5O4/c1-5-12-26(15(3)20(28)23-16-10-8-7-9-11-16)14-18(27)24-19-17(13-22-25(19)4)21(29)30-6-2/h7-11,13,15H,5-6,12,14H2,1-4H3,(H,23,28)(H,24,27). The molecule has 9 heteroatoms. The van der Waals surface area contributed by atoms with Gasteiger partial charge in [0.2, 0.25) is 11.8 Å². The van der Waals surface area contributed by atoms with Crippen molar-refractivity contribution >= 4 is 29.3 Å². The minimum atomic E-state index is -0.554. The zero-order chi connectivity index (χ0) is 22.1. The highest BCUT2D eigenvalue weighted by atomic mass is 16.5. The summed E-state index contributed by atoms with van der Waals surface area (Å²) in [6, 6.07) is 8.64. The maximum Gasteiger partial charge on any atom is 0.343 e. The fourth-order valence-corrected chi connectivity index (χ4v) is 2.93. The normalized spacial score (nSPS) is 11.8. The Hall–Kier alpha value is -3.20. The van der Waals surface area contributed by atoms with Gasteiger partial charge < -0.3 is 15.4 Å². The van der Waals surface area contributed by atoms with Gasteiger partial charge in [-0.3, -0.25) is 19.2 Å². The van der Waals surface area contributed by atoms with Crippen LogP contribution in [0.1, 0.15) is 37.6 Å². The third-order valence-electron chi connectivity index (χ3n) is 4.52. The summed E-state index contributed by atoms with van der Waals surface area (Å²) in [4.78, 5) is 39.2. The van der Waals surface area contributed by atoms with Crippen LogP contribution in [0.3, 0.4) is 0 Å². The Labute approximate surface area is 176 Å². The Morgan fingerprint density at radius 3 is 2.50 bits per heavy atom. The molecule has 1 aromatic carbocycles. The van der Waals surface area contributed by atoms with E-state index in [-0.39, 0.29) is 36.3 Å². The van der Waals surface area contributed by atoms with E-state index in [2.05, 4.69) is 15.7 Å². The highest BCUT2D eigenvalue weighted by Crippen LogP contribution is 2.16. The molecule has 2 amide bonds. The van der Waals surface area contributed by atoms with Crippen LogP contribution >= 0.6 is 0 Å². The summed E-state index contributed by atoms with van der Waals surface area (Å²) in [7, 11) is 1.62. The number of para-hydroxylation sites is 1. The van der Waals surface area contributed by atoms with Crippen molar-refractivity contribution in [3.63, 3.8) is 0 Å². The molecule has 0 aliphatic heterocycles. The summed E-state index contributed by atoms with van der Waals surface area (Å²) in [6.07, 6.45) is 2.13. The number of anilines is 2. The van der Waals surface area contributed by atoms with Crippen LogP contribution in [0.4, 0.5) is 11.5 Å². The molecule has 2 aromatic rings. The van der Waals surface area contributed by atoms with Gasteiger partial charge in [-0.25, -0.2) is 4.79 Å². The van der Waals surface area contributed by atoms with Gasteiger partial charge in [-0.05, 0) is 38.9 Å². The van der Waals surface area contributed by atoms with E-state index in [1.54, 1.807) is 37.9 Å². The predicted molar refractivity (Wildman–Crippen MR) is 114 cm³/mol. The van der Waals surface area contributed by atoms with Crippen molar-refractivity contribution < 1.29 is 19.1 Å². The van der Waals surface area contributed by atoms with E-state index >= 15 is 0 Å². The number of aromatic nitrogens is 2. The SMILES string of the molecule is CCCN(CC(=O)Nc1c(C(=O)OCC)cnn1C)C(C)C(=O)Nc1ccccc1. The molecular weight excluding hydrogens is 386 g/mol. The number of hydrogen-bond acceptors (Lipinski definition) is 6. The van der Waals surface area contributed by atoms with Crippen molar-refractivity contribution in [2.75, 3.05) is 30.3 Å². The lowest BCUT2D eigenvalue weighted by Gasteiger charge is -2.27. The molecule has 0 fully saturated rings. The van der Waals surface area contributed by atoms with Gasteiger partial charge in [0.15, 0.2) is 0 Å². The summed E-state index contributed by atoms with van der Waals surface area (Å²) in [5.74, 6) is -0.842. The number of carbonyl (C=O) groups is 3. The number of hydrogen-bond donors (Lipinski definition) is 2. The molecule has 0 aliphatic rings. The summed E-state index contributed by atoms with van der Waals surface area (Å²) in [6.45, 7) is 6.22. The van der Waals surface area contributed by atoms with Crippen LogP contribution in [-0.4, -0.2) is 58.2 Å².